The third-order valence-electron chi connectivity index (χ3n) is 2.99. The number of nitrogens with one attached hydrogen (secondary N) is 2. The summed E-state index contributed by atoms with van der Waals surface area (Å²) in [6.45, 7) is 1.89. The van der Waals surface area contributed by atoms with E-state index < -0.39 is 0 Å². The molecule has 0 radical (unpaired) electrons. The third kappa shape index (κ3) is 3.79. The fraction of sp³-hybridized carbons (Fsp3) is 0.286. The van der Waals surface area contributed by atoms with Gasteiger partial charge < -0.3 is 19.8 Å². The van der Waals surface area contributed by atoms with Gasteiger partial charge in [0.05, 0.1) is 31.4 Å². The Morgan fingerprint density at radius 2 is 2.05 bits per heavy atom. The fourth-order valence-corrected chi connectivity index (χ4v) is 3.43. The Balaban J connectivity index is 2.19. The van der Waals surface area contributed by atoms with Crippen LogP contribution in [-0.2, 0) is 11.2 Å². The third-order valence-corrected chi connectivity index (χ3v) is 4.62. The average molecular weight is 359 g/mol. The maximum atomic E-state index is 12.2. The zero-order valence-corrected chi connectivity index (χ0v) is 14.7. The first-order valence-corrected chi connectivity index (χ1v) is 7.94. The van der Waals surface area contributed by atoms with E-state index in [1.54, 1.807) is 12.1 Å². The molecule has 0 unspecified atom stereocenters. The number of hydrogen-bond donors (Lipinski definition) is 2. The number of aromatic amines is 1. The van der Waals surface area contributed by atoms with Crippen molar-refractivity contribution in [3.8, 4) is 11.5 Å². The van der Waals surface area contributed by atoms with Crippen LogP contribution in [0, 0.1) is 10.9 Å². The monoisotopic (exact) mass is 358 g/mol. The van der Waals surface area contributed by atoms with Gasteiger partial charge in [0.15, 0.2) is 3.95 Å². The predicted octanol–water partition coefficient (Wildman–Crippen LogP) is 3.97. The molecule has 0 bridgehead atoms. The van der Waals surface area contributed by atoms with Gasteiger partial charge in [0.1, 0.15) is 11.5 Å². The Bertz CT molecular complexity index is 755. The molecule has 1 amide bonds. The van der Waals surface area contributed by atoms with E-state index in [1.165, 1.54) is 25.6 Å². The number of ether oxygens (including phenoxy) is 2. The number of carbonyl (C=O) groups is 1. The van der Waals surface area contributed by atoms with Crippen molar-refractivity contribution in [3.05, 3.63) is 31.7 Å². The molecule has 0 aliphatic heterocycles. The van der Waals surface area contributed by atoms with Crippen LogP contribution >= 0.6 is 35.2 Å². The van der Waals surface area contributed by atoms with Crippen molar-refractivity contribution >= 4 is 46.8 Å². The summed E-state index contributed by atoms with van der Waals surface area (Å²) in [5, 5.41) is 3.19. The first kappa shape index (κ1) is 16.8. The number of methoxy groups -OCH3 is 2. The topological polar surface area (TPSA) is 63.4 Å². The van der Waals surface area contributed by atoms with Crippen LogP contribution in [0.4, 0.5) is 5.69 Å². The largest absolute Gasteiger partial charge is 0.495 e. The number of anilines is 1. The average Bonchev–Trinajstić information content (AvgIpc) is 2.77. The van der Waals surface area contributed by atoms with Crippen molar-refractivity contribution in [2.24, 2.45) is 0 Å². The summed E-state index contributed by atoms with van der Waals surface area (Å²) in [5.74, 6) is 0.789. The molecular weight excluding hydrogens is 344 g/mol. The summed E-state index contributed by atoms with van der Waals surface area (Å²) >= 11 is 12.5. The van der Waals surface area contributed by atoms with E-state index in [-0.39, 0.29) is 12.3 Å². The quantitative estimate of drug-likeness (QED) is 0.794. The molecule has 1 heterocycles. The standard InChI is InChI=1S/C14H15ClN2O3S2/c1-7-12(22-14(21)16-7)6-13(18)17-9-4-8(15)10(19-2)5-11(9)20-3/h4-5H,6H2,1-3H3,(H,16,21)(H,17,18). The van der Waals surface area contributed by atoms with Gasteiger partial charge in [-0.3, -0.25) is 4.79 Å². The second kappa shape index (κ2) is 7.13. The van der Waals surface area contributed by atoms with Crippen molar-refractivity contribution in [2.45, 2.75) is 13.3 Å². The van der Waals surface area contributed by atoms with Crippen LogP contribution < -0.4 is 14.8 Å². The molecule has 2 rings (SSSR count). The van der Waals surface area contributed by atoms with Crippen molar-refractivity contribution in [2.75, 3.05) is 19.5 Å². The summed E-state index contributed by atoms with van der Waals surface area (Å²) in [7, 11) is 3.03. The maximum Gasteiger partial charge on any atom is 0.229 e. The second-order valence-corrected chi connectivity index (χ2v) is 6.65. The lowest BCUT2D eigenvalue weighted by Crippen LogP contribution is -2.15. The Labute approximate surface area is 142 Å². The number of H-pyrrole nitrogens is 1. The highest BCUT2D eigenvalue weighted by atomic mass is 35.5. The Kier molecular flexibility index (Phi) is 5.44. The van der Waals surface area contributed by atoms with Crippen LogP contribution in [0.5, 0.6) is 11.5 Å². The van der Waals surface area contributed by atoms with Crippen LogP contribution in [0.1, 0.15) is 10.6 Å². The van der Waals surface area contributed by atoms with Crippen LogP contribution in [0.15, 0.2) is 12.1 Å². The summed E-state index contributed by atoms with van der Waals surface area (Å²) in [4.78, 5) is 16.1. The van der Waals surface area contributed by atoms with Crippen LogP contribution in [0.2, 0.25) is 5.02 Å². The molecule has 22 heavy (non-hydrogen) atoms. The van der Waals surface area contributed by atoms with Crippen molar-refractivity contribution in [3.63, 3.8) is 0 Å². The molecule has 0 atom stereocenters. The van der Waals surface area contributed by atoms with E-state index in [0.29, 0.717) is 26.2 Å². The van der Waals surface area contributed by atoms with Gasteiger partial charge in [0.25, 0.3) is 0 Å². The van der Waals surface area contributed by atoms with Gasteiger partial charge >= 0.3 is 0 Å². The van der Waals surface area contributed by atoms with Crippen molar-refractivity contribution in [1.82, 2.24) is 4.98 Å². The highest BCUT2D eigenvalue weighted by Gasteiger charge is 2.14. The zero-order valence-electron chi connectivity index (χ0n) is 12.3. The minimum Gasteiger partial charge on any atom is -0.495 e. The van der Waals surface area contributed by atoms with Gasteiger partial charge in [0, 0.05) is 16.6 Å². The lowest BCUT2D eigenvalue weighted by atomic mass is 10.2. The second-order valence-electron chi connectivity index (χ2n) is 4.47. The van der Waals surface area contributed by atoms with E-state index in [9.17, 15) is 4.79 Å². The normalized spacial score (nSPS) is 10.4. The summed E-state index contributed by atoms with van der Waals surface area (Å²) in [6.07, 6.45) is 0.233. The van der Waals surface area contributed by atoms with Crippen LogP contribution in [0.3, 0.4) is 0 Å². The van der Waals surface area contributed by atoms with Gasteiger partial charge in [-0.05, 0) is 25.2 Å². The molecule has 0 spiro atoms. The van der Waals surface area contributed by atoms with E-state index in [0.717, 1.165) is 10.6 Å². The van der Waals surface area contributed by atoms with Crippen LogP contribution in [0.25, 0.3) is 0 Å². The Hall–Kier alpha value is -1.57. The molecular formula is C14H15ClN2O3S2. The minimum absolute atomic E-state index is 0.173. The molecule has 0 aliphatic carbocycles. The number of amides is 1. The number of rotatable bonds is 5. The summed E-state index contributed by atoms with van der Waals surface area (Å²) in [5.41, 5.74) is 1.40. The van der Waals surface area contributed by atoms with Gasteiger partial charge in [0.2, 0.25) is 5.91 Å². The molecule has 0 saturated carbocycles. The molecule has 8 heteroatoms. The molecule has 0 saturated heterocycles. The number of hydrogen-bond acceptors (Lipinski definition) is 5. The number of thiazole rings is 1. The molecule has 2 N–H and O–H groups in total. The molecule has 0 fully saturated rings. The minimum atomic E-state index is -0.173. The smallest absolute Gasteiger partial charge is 0.229 e. The van der Waals surface area contributed by atoms with Crippen molar-refractivity contribution in [1.29, 1.82) is 0 Å². The first-order valence-electron chi connectivity index (χ1n) is 6.34. The number of halogens is 1. The number of aryl methyl sites for hydroxylation is 1. The van der Waals surface area contributed by atoms with Gasteiger partial charge in [-0.1, -0.05) is 11.6 Å². The van der Waals surface area contributed by atoms with Crippen LogP contribution in [-0.4, -0.2) is 25.1 Å². The fourth-order valence-electron chi connectivity index (χ4n) is 1.90. The molecule has 5 nitrogen and oxygen atoms in total. The van der Waals surface area contributed by atoms with E-state index in [2.05, 4.69) is 10.3 Å². The highest BCUT2D eigenvalue weighted by molar-refractivity contribution is 7.73. The number of benzene rings is 1. The van der Waals surface area contributed by atoms with E-state index >= 15 is 0 Å². The summed E-state index contributed by atoms with van der Waals surface area (Å²) in [6, 6.07) is 3.23. The van der Waals surface area contributed by atoms with Gasteiger partial charge in [-0.25, -0.2) is 0 Å². The molecule has 0 aliphatic rings. The molecule has 118 valence electrons. The predicted molar refractivity (Wildman–Crippen MR) is 91.1 cm³/mol. The molecule has 2 aromatic rings. The van der Waals surface area contributed by atoms with E-state index in [1.807, 2.05) is 6.92 Å². The van der Waals surface area contributed by atoms with Gasteiger partial charge in [-0.2, -0.15) is 0 Å². The lowest BCUT2D eigenvalue weighted by Gasteiger charge is -2.13. The SMILES string of the molecule is COc1cc(OC)c(NC(=O)Cc2sc(=S)[nH]c2C)cc1Cl. The first-order chi connectivity index (χ1) is 10.4. The zero-order chi connectivity index (χ0) is 16.3. The van der Waals surface area contributed by atoms with E-state index in [4.69, 9.17) is 33.3 Å². The summed E-state index contributed by atoms with van der Waals surface area (Å²) < 4.78 is 11.0. The van der Waals surface area contributed by atoms with Gasteiger partial charge in [-0.15, -0.1) is 11.3 Å². The lowest BCUT2D eigenvalue weighted by molar-refractivity contribution is -0.115. The van der Waals surface area contributed by atoms with Crippen molar-refractivity contribution < 1.29 is 14.3 Å². The number of carbonyl (C=O) groups excluding carboxylic acids is 1. The Morgan fingerprint density at radius 3 is 2.59 bits per heavy atom. The molecule has 1 aromatic heterocycles. The number of aromatic nitrogens is 1. The maximum absolute atomic E-state index is 12.2. The molecule has 1 aromatic carbocycles. The Morgan fingerprint density at radius 1 is 1.36 bits per heavy atom. The highest BCUT2D eigenvalue weighted by Crippen LogP contribution is 2.36.